The van der Waals surface area contributed by atoms with Crippen LogP contribution in [-0.4, -0.2) is 51.1 Å². The summed E-state index contributed by atoms with van der Waals surface area (Å²) in [5.41, 5.74) is 8.48. The van der Waals surface area contributed by atoms with E-state index in [0.29, 0.717) is 19.8 Å². The monoisotopic (exact) mass is 528 g/mol. The summed E-state index contributed by atoms with van der Waals surface area (Å²) >= 11 is 1.63. The van der Waals surface area contributed by atoms with E-state index in [1.807, 2.05) is 34.9 Å². The average Bonchev–Trinajstić information content (AvgIpc) is 3.58. The lowest BCUT2D eigenvalue weighted by Crippen LogP contribution is -2.47. The Bertz CT molecular complexity index is 1470. The molecule has 196 valence electrons. The van der Waals surface area contributed by atoms with Crippen LogP contribution >= 0.6 is 11.3 Å². The van der Waals surface area contributed by atoms with Crippen LogP contribution in [0.1, 0.15) is 59.7 Å². The molecular formula is C30H32N4O3S. The number of rotatable bonds is 3. The van der Waals surface area contributed by atoms with Crippen LogP contribution in [0.25, 0.3) is 22.4 Å². The maximum atomic E-state index is 14.3. The second kappa shape index (κ2) is 9.67. The van der Waals surface area contributed by atoms with Crippen molar-refractivity contribution in [3.63, 3.8) is 0 Å². The predicted molar refractivity (Wildman–Crippen MR) is 149 cm³/mol. The van der Waals surface area contributed by atoms with Gasteiger partial charge in [-0.2, -0.15) is 0 Å². The molecule has 3 aromatic heterocycles. The minimum Gasteiger partial charge on any atom is -0.496 e. The Morgan fingerprint density at radius 1 is 1.11 bits per heavy atom. The van der Waals surface area contributed by atoms with E-state index in [4.69, 9.17) is 9.47 Å². The number of thiazole rings is 1. The van der Waals surface area contributed by atoms with Gasteiger partial charge in [-0.1, -0.05) is 6.07 Å². The van der Waals surface area contributed by atoms with Crippen molar-refractivity contribution in [3.8, 4) is 28.1 Å². The van der Waals surface area contributed by atoms with Crippen molar-refractivity contribution in [2.45, 2.75) is 51.8 Å². The van der Waals surface area contributed by atoms with Gasteiger partial charge in [0.25, 0.3) is 5.91 Å². The summed E-state index contributed by atoms with van der Waals surface area (Å²) in [6.45, 7) is 8.00. The van der Waals surface area contributed by atoms with Gasteiger partial charge < -0.3 is 18.9 Å². The Balaban J connectivity index is 1.61. The van der Waals surface area contributed by atoms with Crippen LogP contribution in [0.15, 0.2) is 54.4 Å². The third-order valence-corrected chi connectivity index (χ3v) is 8.36. The van der Waals surface area contributed by atoms with Gasteiger partial charge in [0.15, 0.2) is 0 Å². The van der Waals surface area contributed by atoms with Crippen LogP contribution in [-0.2, 0) is 17.8 Å². The van der Waals surface area contributed by atoms with Crippen molar-refractivity contribution in [2.75, 3.05) is 20.3 Å². The highest BCUT2D eigenvalue weighted by Crippen LogP contribution is 2.46. The number of hydrogen-bond donors (Lipinski definition) is 0. The highest BCUT2D eigenvalue weighted by atomic mass is 32.1. The number of methoxy groups -OCH3 is 1. The largest absolute Gasteiger partial charge is 0.496 e. The first-order valence-electron chi connectivity index (χ1n) is 13.0. The molecule has 0 N–H and O–H groups in total. The maximum absolute atomic E-state index is 14.3. The summed E-state index contributed by atoms with van der Waals surface area (Å²) in [5.74, 6) is 0.871. The molecule has 2 aliphatic rings. The fraction of sp³-hybridized carbons (Fsp3) is 0.367. The molecule has 0 aliphatic carbocycles. The second-order valence-electron chi connectivity index (χ2n) is 10.9. The van der Waals surface area contributed by atoms with Crippen molar-refractivity contribution in [1.82, 2.24) is 19.4 Å². The number of ether oxygens (including phenoxy) is 2. The molecule has 4 aromatic rings. The Morgan fingerprint density at radius 3 is 2.68 bits per heavy atom. The number of benzene rings is 1. The first-order chi connectivity index (χ1) is 18.4. The molecule has 1 aromatic carbocycles. The third-order valence-electron chi connectivity index (χ3n) is 7.48. The zero-order chi connectivity index (χ0) is 26.4. The summed E-state index contributed by atoms with van der Waals surface area (Å²) in [5, 5.41) is 0. The number of aromatic nitrogens is 3. The van der Waals surface area contributed by atoms with Gasteiger partial charge in [-0.25, -0.2) is 0 Å². The molecule has 0 bridgehead atoms. The van der Waals surface area contributed by atoms with E-state index in [-0.39, 0.29) is 17.5 Å². The molecule has 5 heterocycles. The summed E-state index contributed by atoms with van der Waals surface area (Å²) in [4.78, 5) is 26.2. The van der Waals surface area contributed by atoms with Gasteiger partial charge in [0.05, 0.1) is 25.3 Å². The number of nitrogens with zero attached hydrogens (tertiary/aromatic N) is 4. The second-order valence-corrected chi connectivity index (χ2v) is 11.8. The van der Waals surface area contributed by atoms with Crippen molar-refractivity contribution in [3.05, 3.63) is 76.1 Å². The maximum Gasteiger partial charge on any atom is 0.271 e. The van der Waals surface area contributed by atoms with Gasteiger partial charge in [-0.05, 0) is 63.4 Å². The molecule has 0 spiro atoms. The van der Waals surface area contributed by atoms with Crippen LogP contribution in [0.5, 0.6) is 5.75 Å². The molecular weight excluding hydrogens is 496 g/mol. The smallest absolute Gasteiger partial charge is 0.271 e. The standard InChI is InChI=1S/C30H32N4O3S/c1-30(2,3)33-9-6-10-37-17-21-12-24-22-14-23(19-7-5-8-31-15-19)26(36-4)13-20(22)11-25(27-16-32-18-38-27)34(24)28(21)29(33)35/h5,7-8,12-16,18,25H,6,9-11,17H2,1-4H3. The summed E-state index contributed by atoms with van der Waals surface area (Å²) in [7, 11) is 1.71. The predicted octanol–water partition coefficient (Wildman–Crippen LogP) is 5.99. The molecule has 7 nitrogen and oxygen atoms in total. The fourth-order valence-corrected chi connectivity index (χ4v) is 6.41. The molecule has 0 saturated carbocycles. The summed E-state index contributed by atoms with van der Waals surface area (Å²) in [6, 6.07) is 10.4. The number of carbonyl (C=O) groups excluding carboxylic acids is 1. The van der Waals surface area contributed by atoms with Crippen LogP contribution in [0.2, 0.25) is 0 Å². The van der Waals surface area contributed by atoms with Gasteiger partial charge in [0.2, 0.25) is 0 Å². The van der Waals surface area contributed by atoms with Gasteiger partial charge in [-0.15, -0.1) is 11.3 Å². The van der Waals surface area contributed by atoms with E-state index in [2.05, 4.69) is 53.5 Å². The highest BCUT2D eigenvalue weighted by Gasteiger charge is 2.38. The first-order valence-corrected chi connectivity index (χ1v) is 13.9. The zero-order valence-electron chi connectivity index (χ0n) is 22.2. The Hall–Kier alpha value is -3.49. The number of fused-ring (bicyclic) bond motifs is 5. The van der Waals surface area contributed by atoms with E-state index < -0.39 is 0 Å². The van der Waals surface area contributed by atoms with Gasteiger partial charge >= 0.3 is 0 Å². The topological polar surface area (TPSA) is 69.5 Å². The fourth-order valence-electron chi connectivity index (χ4n) is 5.70. The van der Waals surface area contributed by atoms with Crippen molar-refractivity contribution < 1.29 is 14.3 Å². The van der Waals surface area contributed by atoms with E-state index in [1.54, 1.807) is 24.6 Å². The lowest BCUT2D eigenvalue weighted by atomic mass is 9.89. The summed E-state index contributed by atoms with van der Waals surface area (Å²) < 4.78 is 14.2. The Labute approximate surface area is 227 Å². The van der Waals surface area contributed by atoms with E-state index in [1.165, 1.54) is 5.56 Å². The van der Waals surface area contributed by atoms with Gasteiger partial charge in [-0.3, -0.25) is 14.8 Å². The lowest BCUT2D eigenvalue weighted by molar-refractivity contribution is 0.0543. The normalized spacial score (nSPS) is 17.6. The zero-order valence-corrected chi connectivity index (χ0v) is 23.0. The average molecular weight is 529 g/mol. The minimum atomic E-state index is -0.309. The molecule has 0 fully saturated rings. The van der Waals surface area contributed by atoms with Crippen LogP contribution in [0.3, 0.4) is 0 Å². The van der Waals surface area contributed by atoms with E-state index in [0.717, 1.165) is 57.1 Å². The molecule has 6 rings (SSSR count). The lowest BCUT2D eigenvalue weighted by Gasteiger charge is -2.37. The molecule has 0 saturated heterocycles. The molecule has 2 aliphatic heterocycles. The summed E-state index contributed by atoms with van der Waals surface area (Å²) in [6.07, 6.45) is 7.10. The van der Waals surface area contributed by atoms with Crippen molar-refractivity contribution in [1.29, 1.82) is 0 Å². The van der Waals surface area contributed by atoms with Crippen molar-refractivity contribution >= 4 is 17.2 Å². The highest BCUT2D eigenvalue weighted by molar-refractivity contribution is 7.09. The number of amides is 1. The first kappa shape index (κ1) is 24.8. The minimum absolute atomic E-state index is 0.0470. The number of carbonyl (C=O) groups is 1. The SMILES string of the molecule is COc1cc2c(cc1-c1cccnc1)-c1cc3c(n1C(c1cncs1)C2)C(=O)N(C(C)(C)C)CCCOC3. The molecule has 1 atom stereocenters. The number of hydrogen-bond acceptors (Lipinski definition) is 6. The van der Waals surface area contributed by atoms with E-state index >= 15 is 0 Å². The van der Waals surface area contributed by atoms with Crippen LogP contribution in [0.4, 0.5) is 0 Å². The number of pyridine rings is 1. The van der Waals surface area contributed by atoms with Gasteiger partial charge in [0.1, 0.15) is 11.4 Å². The van der Waals surface area contributed by atoms with Gasteiger partial charge in [0, 0.05) is 70.1 Å². The molecule has 1 unspecified atom stereocenters. The van der Waals surface area contributed by atoms with Crippen LogP contribution in [0, 0.1) is 0 Å². The Kier molecular flexibility index (Phi) is 6.32. The van der Waals surface area contributed by atoms with E-state index in [9.17, 15) is 4.79 Å². The molecule has 0 radical (unpaired) electrons. The molecule has 8 heteroatoms. The molecule has 1 amide bonds. The molecule has 38 heavy (non-hydrogen) atoms. The van der Waals surface area contributed by atoms with Crippen LogP contribution < -0.4 is 4.74 Å². The third kappa shape index (κ3) is 4.22. The van der Waals surface area contributed by atoms with Crippen molar-refractivity contribution in [2.24, 2.45) is 0 Å². The Morgan fingerprint density at radius 2 is 1.97 bits per heavy atom. The quantitative estimate of drug-likeness (QED) is 0.327.